The zero-order valence-corrected chi connectivity index (χ0v) is 19.0. The number of furan rings is 1. The van der Waals surface area contributed by atoms with Gasteiger partial charge < -0.3 is 14.5 Å². The first-order valence-corrected chi connectivity index (χ1v) is 10.3. The lowest BCUT2D eigenvalue weighted by molar-refractivity contribution is -0.123. The van der Waals surface area contributed by atoms with Crippen molar-refractivity contribution in [1.29, 1.82) is 0 Å². The van der Waals surface area contributed by atoms with Crippen LogP contribution in [0.3, 0.4) is 0 Å². The van der Waals surface area contributed by atoms with Crippen molar-refractivity contribution in [1.82, 2.24) is 5.43 Å². The van der Waals surface area contributed by atoms with E-state index in [0.29, 0.717) is 21.8 Å². The van der Waals surface area contributed by atoms with Crippen molar-refractivity contribution < 1.29 is 23.5 Å². The first kappa shape index (κ1) is 23.7. The lowest BCUT2D eigenvalue weighted by Crippen LogP contribution is -2.27. The summed E-state index contributed by atoms with van der Waals surface area (Å²) in [6.45, 7) is 5.43. The standard InChI is InChI=1S/C24H22ClN3O5/c1-24(2,3)23(31)27-18-9-6-15(7-10-18)21(29)28-26-14-16-13-17(25)8-11-19(16)33-22(30)20-5-4-12-32-20/h4-14H,1-3H3,(H,27,31)(H,28,29)/b26-14+. The molecule has 0 bridgehead atoms. The van der Waals surface area contributed by atoms with E-state index in [1.165, 1.54) is 30.7 Å². The minimum Gasteiger partial charge on any atom is -0.457 e. The van der Waals surface area contributed by atoms with Gasteiger partial charge in [0.1, 0.15) is 5.75 Å². The van der Waals surface area contributed by atoms with Crippen molar-refractivity contribution in [2.75, 3.05) is 5.32 Å². The van der Waals surface area contributed by atoms with E-state index in [0.717, 1.165) is 0 Å². The van der Waals surface area contributed by atoms with E-state index < -0.39 is 17.3 Å². The Morgan fingerprint density at radius 1 is 1.06 bits per heavy atom. The largest absolute Gasteiger partial charge is 0.457 e. The van der Waals surface area contributed by atoms with Crippen LogP contribution >= 0.6 is 11.6 Å². The number of nitrogens with one attached hydrogen (secondary N) is 2. The Labute approximate surface area is 195 Å². The second-order valence-corrected chi connectivity index (χ2v) is 8.47. The lowest BCUT2D eigenvalue weighted by atomic mass is 9.95. The van der Waals surface area contributed by atoms with Gasteiger partial charge >= 0.3 is 5.97 Å². The first-order valence-electron chi connectivity index (χ1n) is 9.93. The number of hydrogen-bond donors (Lipinski definition) is 2. The zero-order valence-electron chi connectivity index (χ0n) is 18.2. The van der Waals surface area contributed by atoms with Crippen LogP contribution in [0.1, 0.15) is 47.2 Å². The number of carbonyl (C=O) groups excluding carboxylic acids is 3. The Morgan fingerprint density at radius 2 is 1.79 bits per heavy atom. The molecule has 0 radical (unpaired) electrons. The van der Waals surface area contributed by atoms with E-state index in [4.69, 9.17) is 20.8 Å². The molecular weight excluding hydrogens is 446 g/mol. The van der Waals surface area contributed by atoms with Gasteiger partial charge in [-0.05, 0) is 54.6 Å². The van der Waals surface area contributed by atoms with Gasteiger partial charge in [0.25, 0.3) is 5.91 Å². The molecule has 2 amide bonds. The highest BCUT2D eigenvalue weighted by molar-refractivity contribution is 6.31. The van der Waals surface area contributed by atoms with E-state index in [9.17, 15) is 14.4 Å². The minimum absolute atomic E-state index is 0.0447. The molecule has 170 valence electrons. The van der Waals surface area contributed by atoms with Gasteiger partial charge in [-0.3, -0.25) is 9.59 Å². The Kier molecular flexibility index (Phi) is 7.30. The topological polar surface area (TPSA) is 110 Å². The molecule has 3 rings (SSSR count). The molecule has 3 aromatic rings. The number of hydrogen-bond acceptors (Lipinski definition) is 6. The summed E-state index contributed by atoms with van der Waals surface area (Å²) in [6, 6.07) is 14.1. The van der Waals surface area contributed by atoms with Gasteiger partial charge in [0, 0.05) is 27.3 Å². The van der Waals surface area contributed by atoms with E-state index in [-0.39, 0.29) is 17.4 Å². The summed E-state index contributed by atoms with van der Waals surface area (Å²) in [7, 11) is 0. The molecule has 0 aliphatic rings. The van der Waals surface area contributed by atoms with Crippen LogP contribution in [0.4, 0.5) is 5.69 Å². The summed E-state index contributed by atoms with van der Waals surface area (Å²) in [5.74, 6) is -1.04. The van der Waals surface area contributed by atoms with E-state index in [2.05, 4.69) is 15.8 Å². The molecule has 0 aliphatic carbocycles. The molecule has 0 aliphatic heterocycles. The van der Waals surface area contributed by atoms with Crippen molar-refractivity contribution >= 4 is 41.3 Å². The first-order chi connectivity index (χ1) is 15.6. The number of carbonyl (C=O) groups is 3. The highest BCUT2D eigenvalue weighted by Crippen LogP contribution is 2.23. The van der Waals surface area contributed by atoms with Crippen molar-refractivity contribution in [2.45, 2.75) is 20.8 Å². The highest BCUT2D eigenvalue weighted by Gasteiger charge is 2.21. The monoisotopic (exact) mass is 467 g/mol. The molecule has 2 N–H and O–H groups in total. The summed E-state index contributed by atoms with van der Waals surface area (Å²) in [5, 5.41) is 7.11. The second-order valence-electron chi connectivity index (χ2n) is 8.03. The van der Waals surface area contributed by atoms with E-state index >= 15 is 0 Å². The number of anilines is 1. The summed E-state index contributed by atoms with van der Waals surface area (Å²) < 4.78 is 10.4. The second kappa shape index (κ2) is 10.1. The zero-order chi connectivity index (χ0) is 24.0. The average molecular weight is 468 g/mol. The maximum Gasteiger partial charge on any atom is 0.379 e. The Morgan fingerprint density at radius 3 is 2.42 bits per heavy atom. The van der Waals surface area contributed by atoms with Crippen molar-refractivity contribution in [2.24, 2.45) is 10.5 Å². The molecule has 1 heterocycles. The van der Waals surface area contributed by atoms with Gasteiger partial charge in [0.05, 0.1) is 12.5 Å². The lowest BCUT2D eigenvalue weighted by Gasteiger charge is -2.17. The number of nitrogens with zero attached hydrogens (tertiary/aromatic N) is 1. The minimum atomic E-state index is -0.681. The number of ether oxygens (including phenoxy) is 1. The van der Waals surface area contributed by atoms with Gasteiger partial charge in [0.2, 0.25) is 11.7 Å². The van der Waals surface area contributed by atoms with Crippen LogP contribution in [0.15, 0.2) is 70.4 Å². The van der Waals surface area contributed by atoms with Gasteiger partial charge in [-0.15, -0.1) is 0 Å². The van der Waals surface area contributed by atoms with Crippen LogP contribution in [0.2, 0.25) is 5.02 Å². The van der Waals surface area contributed by atoms with Crippen LogP contribution in [0.25, 0.3) is 0 Å². The van der Waals surface area contributed by atoms with Crippen LogP contribution < -0.4 is 15.5 Å². The Balaban J connectivity index is 1.65. The number of halogens is 1. The van der Waals surface area contributed by atoms with Crippen molar-refractivity contribution in [3.8, 4) is 5.75 Å². The number of rotatable bonds is 6. The summed E-state index contributed by atoms with van der Waals surface area (Å²) in [6.07, 6.45) is 2.67. The van der Waals surface area contributed by atoms with Gasteiger partial charge in [-0.1, -0.05) is 32.4 Å². The fourth-order valence-electron chi connectivity index (χ4n) is 2.51. The van der Waals surface area contributed by atoms with Crippen LogP contribution in [0, 0.1) is 5.41 Å². The maximum absolute atomic E-state index is 12.4. The molecule has 0 saturated heterocycles. The molecule has 0 spiro atoms. The molecule has 9 heteroatoms. The molecule has 2 aromatic carbocycles. The predicted octanol–water partition coefficient (Wildman–Crippen LogP) is 4.90. The van der Waals surface area contributed by atoms with Crippen LogP contribution in [0.5, 0.6) is 5.75 Å². The van der Waals surface area contributed by atoms with Crippen LogP contribution in [-0.4, -0.2) is 24.0 Å². The maximum atomic E-state index is 12.4. The number of benzene rings is 2. The molecule has 33 heavy (non-hydrogen) atoms. The van der Waals surface area contributed by atoms with Gasteiger partial charge in [0.15, 0.2) is 0 Å². The van der Waals surface area contributed by atoms with E-state index in [1.807, 2.05) is 20.8 Å². The smallest absolute Gasteiger partial charge is 0.379 e. The molecule has 0 saturated carbocycles. The predicted molar refractivity (Wildman–Crippen MR) is 125 cm³/mol. The van der Waals surface area contributed by atoms with Crippen molar-refractivity contribution in [3.63, 3.8) is 0 Å². The normalized spacial score (nSPS) is 11.3. The van der Waals surface area contributed by atoms with Gasteiger partial charge in [-0.25, -0.2) is 10.2 Å². The number of esters is 1. The third kappa shape index (κ3) is 6.54. The third-order valence-electron chi connectivity index (χ3n) is 4.35. The summed E-state index contributed by atoms with van der Waals surface area (Å²) >= 11 is 6.03. The molecule has 0 fully saturated rings. The Bertz CT molecular complexity index is 1180. The average Bonchev–Trinajstić information content (AvgIpc) is 3.30. The quantitative estimate of drug-likeness (QED) is 0.232. The van der Waals surface area contributed by atoms with E-state index in [1.54, 1.807) is 36.4 Å². The van der Waals surface area contributed by atoms with Crippen LogP contribution in [-0.2, 0) is 4.79 Å². The number of amides is 2. The fraction of sp³-hybridized carbons (Fsp3) is 0.167. The fourth-order valence-corrected chi connectivity index (χ4v) is 2.69. The molecule has 0 atom stereocenters. The third-order valence-corrected chi connectivity index (χ3v) is 4.59. The molecule has 8 nitrogen and oxygen atoms in total. The summed E-state index contributed by atoms with van der Waals surface area (Å²) in [4.78, 5) is 36.6. The van der Waals surface area contributed by atoms with Gasteiger partial charge in [-0.2, -0.15) is 5.10 Å². The SMILES string of the molecule is CC(C)(C)C(=O)Nc1ccc(C(=O)N/N=C/c2cc(Cl)ccc2OC(=O)c2ccco2)cc1. The molecule has 0 unspecified atom stereocenters. The highest BCUT2D eigenvalue weighted by atomic mass is 35.5. The molecular formula is C24H22ClN3O5. The van der Waals surface area contributed by atoms with Crippen molar-refractivity contribution in [3.05, 3.63) is 82.8 Å². The number of hydrazone groups is 1. The summed E-state index contributed by atoms with van der Waals surface area (Å²) in [5.41, 5.74) is 3.17. The Hall–Kier alpha value is -3.91. The molecule has 1 aromatic heterocycles.